The Balaban J connectivity index is 1.32. The lowest BCUT2D eigenvalue weighted by molar-refractivity contribution is 0.0906. The van der Waals surface area contributed by atoms with E-state index in [-0.39, 0.29) is 11.8 Å². The predicted molar refractivity (Wildman–Crippen MR) is 113 cm³/mol. The van der Waals surface area contributed by atoms with Crippen LogP contribution < -0.4 is 5.32 Å². The van der Waals surface area contributed by atoms with Gasteiger partial charge in [-0.2, -0.15) is 10.1 Å². The smallest absolute Gasteiger partial charge is 0.316 e. The van der Waals surface area contributed by atoms with Crippen molar-refractivity contribution in [3.05, 3.63) is 48.1 Å². The molecule has 1 N–H and O–H groups in total. The highest BCUT2D eigenvalue weighted by molar-refractivity contribution is 5.89. The van der Waals surface area contributed by atoms with E-state index in [4.69, 9.17) is 4.52 Å². The Labute approximate surface area is 176 Å². The molecule has 0 saturated carbocycles. The van der Waals surface area contributed by atoms with E-state index in [9.17, 15) is 4.79 Å². The molecule has 1 unspecified atom stereocenters. The van der Waals surface area contributed by atoms with Gasteiger partial charge < -0.3 is 14.7 Å². The number of nitrogens with zero attached hydrogens (tertiary/aromatic N) is 5. The lowest BCUT2D eigenvalue weighted by Crippen LogP contribution is -2.36. The molecule has 0 aliphatic carbocycles. The minimum atomic E-state index is -0.339. The van der Waals surface area contributed by atoms with Crippen molar-refractivity contribution in [2.24, 2.45) is 5.92 Å². The monoisotopic (exact) mass is 408 g/mol. The second-order valence-electron chi connectivity index (χ2n) is 7.99. The number of hydrogen-bond donors (Lipinski definition) is 1. The molecular formula is C22H28N6O2. The number of nitrogens with one attached hydrogen (secondary N) is 1. The molecule has 8 heteroatoms. The van der Waals surface area contributed by atoms with Gasteiger partial charge in [0.15, 0.2) is 0 Å². The van der Waals surface area contributed by atoms with Gasteiger partial charge >= 0.3 is 11.8 Å². The van der Waals surface area contributed by atoms with Gasteiger partial charge in [0.25, 0.3) is 0 Å². The zero-order valence-electron chi connectivity index (χ0n) is 17.5. The second-order valence-corrected chi connectivity index (χ2v) is 7.99. The highest BCUT2D eigenvalue weighted by Gasteiger charge is 2.19. The predicted octanol–water partition coefficient (Wildman–Crippen LogP) is 3.08. The fourth-order valence-corrected chi connectivity index (χ4v) is 3.89. The van der Waals surface area contributed by atoms with Crippen LogP contribution in [0, 0.1) is 12.8 Å². The van der Waals surface area contributed by atoms with Crippen molar-refractivity contribution in [1.82, 2.24) is 30.1 Å². The summed E-state index contributed by atoms with van der Waals surface area (Å²) in [6.07, 6.45) is 5.33. The highest BCUT2D eigenvalue weighted by atomic mass is 16.5. The first kappa shape index (κ1) is 20.3. The molecule has 0 spiro atoms. The summed E-state index contributed by atoms with van der Waals surface area (Å²) in [5.41, 5.74) is 2.44. The van der Waals surface area contributed by atoms with Crippen molar-refractivity contribution in [2.75, 3.05) is 26.2 Å². The van der Waals surface area contributed by atoms with Crippen LogP contribution in [0.1, 0.15) is 42.6 Å². The van der Waals surface area contributed by atoms with Gasteiger partial charge in [-0.1, -0.05) is 30.3 Å². The summed E-state index contributed by atoms with van der Waals surface area (Å²) in [6, 6.07) is 9.80. The molecule has 8 nitrogen and oxygen atoms in total. The van der Waals surface area contributed by atoms with E-state index in [0.717, 1.165) is 48.9 Å². The molecular weight excluding hydrogens is 380 g/mol. The fourth-order valence-electron chi connectivity index (χ4n) is 3.89. The van der Waals surface area contributed by atoms with E-state index in [1.807, 2.05) is 43.5 Å². The molecule has 2 aromatic heterocycles. The third-order valence-electron chi connectivity index (χ3n) is 5.46. The molecule has 1 fully saturated rings. The first-order chi connectivity index (χ1) is 14.6. The molecule has 158 valence electrons. The van der Waals surface area contributed by atoms with Gasteiger partial charge in [-0.15, -0.1) is 0 Å². The Morgan fingerprint density at radius 1 is 1.30 bits per heavy atom. The van der Waals surface area contributed by atoms with Gasteiger partial charge in [0.1, 0.15) is 0 Å². The molecule has 3 heterocycles. The number of carbonyl (C=O) groups excluding carboxylic acids is 1. The van der Waals surface area contributed by atoms with Crippen LogP contribution in [0.3, 0.4) is 0 Å². The van der Waals surface area contributed by atoms with E-state index in [0.29, 0.717) is 12.4 Å². The number of hydrogen-bond acceptors (Lipinski definition) is 6. The number of piperidine rings is 1. The standard InChI is InChI=1S/C22H28N6O2/c1-16-8-6-12-27(14-16)13-7-11-23-21(29)22-24-20(26-30-22)19-15-28(25-17(19)2)18-9-4-3-5-10-18/h3-5,9-10,15-16H,6-8,11-14H2,1-2H3,(H,23,29). The quantitative estimate of drug-likeness (QED) is 0.605. The van der Waals surface area contributed by atoms with Crippen molar-refractivity contribution < 1.29 is 9.32 Å². The molecule has 4 rings (SSSR count). The summed E-state index contributed by atoms with van der Waals surface area (Å²) in [5.74, 6) is 0.763. The Hall–Kier alpha value is -3.00. The molecule has 1 aliphatic heterocycles. The van der Waals surface area contributed by atoms with Crippen LogP contribution in [0.25, 0.3) is 17.1 Å². The van der Waals surface area contributed by atoms with Crippen LogP contribution in [0.5, 0.6) is 0 Å². The Morgan fingerprint density at radius 2 is 2.13 bits per heavy atom. The van der Waals surface area contributed by atoms with Gasteiger partial charge in [0.2, 0.25) is 5.82 Å². The Morgan fingerprint density at radius 3 is 2.93 bits per heavy atom. The zero-order chi connectivity index (χ0) is 20.9. The zero-order valence-corrected chi connectivity index (χ0v) is 17.5. The fraction of sp³-hybridized carbons (Fsp3) is 0.455. The Kier molecular flexibility index (Phi) is 6.23. The molecule has 1 saturated heterocycles. The average molecular weight is 409 g/mol. The van der Waals surface area contributed by atoms with E-state index in [1.165, 1.54) is 12.8 Å². The van der Waals surface area contributed by atoms with Gasteiger partial charge in [-0.3, -0.25) is 4.79 Å². The largest absolute Gasteiger partial charge is 0.348 e. The maximum Gasteiger partial charge on any atom is 0.316 e. The molecule has 0 radical (unpaired) electrons. The number of aromatic nitrogens is 4. The second kappa shape index (κ2) is 9.21. The summed E-state index contributed by atoms with van der Waals surface area (Å²) in [7, 11) is 0. The first-order valence-electron chi connectivity index (χ1n) is 10.6. The van der Waals surface area contributed by atoms with Crippen molar-refractivity contribution in [3.8, 4) is 17.1 Å². The SMILES string of the molecule is Cc1nn(-c2ccccc2)cc1-c1noc(C(=O)NCCCN2CCCC(C)C2)n1. The lowest BCUT2D eigenvalue weighted by Gasteiger charge is -2.30. The normalized spacial score (nSPS) is 17.2. The average Bonchev–Trinajstić information content (AvgIpc) is 3.39. The van der Waals surface area contributed by atoms with Crippen LogP contribution >= 0.6 is 0 Å². The summed E-state index contributed by atoms with van der Waals surface area (Å²) in [6.45, 7) is 8.07. The summed E-state index contributed by atoms with van der Waals surface area (Å²) in [5, 5.41) is 11.4. The molecule has 1 amide bonds. The third kappa shape index (κ3) is 4.76. The van der Waals surface area contributed by atoms with Gasteiger partial charge in [-0.05, 0) is 57.3 Å². The molecule has 30 heavy (non-hydrogen) atoms. The van der Waals surface area contributed by atoms with Crippen LogP contribution in [-0.4, -0.2) is 56.9 Å². The minimum absolute atomic E-state index is 0.0246. The van der Waals surface area contributed by atoms with Crippen LogP contribution in [0.2, 0.25) is 0 Å². The topological polar surface area (TPSA) is 89.1 Å². The van der Waals surface area contributed by atoms with E-state index in [2.05, 4.69) is 32.4 Å². The van der Waals surface area contributed by atoms with E-state index >= 15 is 0 Å². The number of benzene rings is 1. The van der Waals surface area contributed by atoms with Crippen molar-refractivity contribution in [1.29, 1.82) is 0 Å². The van der Waals surface area contributed by atoms with Crippen molar-refractivity contribution >= 4 is 5.91 Å². The van der Waals surface area contributed by atoms with Crippen molar-refractivity contribution in [3.63, 3.8) is 0 Å². The van der Waals surface area contributed by atoms with Crippen LogP contribution in [0.4, 0.5) is 0 Å². The van der Waals surface area contributed by atoms with Crippen molar-refractivity contribution in [2.45, 2.75) is 33.1 Å². The maximum absolute atomic E-state index is 12.4. The summed E-state index contributed by atoms with van der Waals surface area (Å²) in [4.78, 5) is 19.1. The van der Waals surface area contributed by atoms with E-state index in [1.54, 1.807) is 4.68 Å². The summed E-state index contributed by atoms with van der Waals surface area (Å²) < 4.78 is 6.96. The molecule has 3 aromatic rings. The number of aryl methyl sites for hydroxylation is 1. The van der Waals surface area contributed by atoms with Crippen LogP contribution in [-0.2, 0) is 0 Å². The van der Waals surface area contributed by atoms with Gasteiger partial charge in [0, 0.05) is 19.3 Å². The third-order valence-corrected chi connectivity index (χ3v) is 5.46. The van der Waals surface area contributed by atoms with E-state index < -0.39 is 0 Å². The molecule has 0 bridgehead atoms. The number of amides is 1. The molecule has 1 aromatic carbocycles. The maximum atomic E-state index is 12.4. The molecule has 1 atom stereocenters. The molecule has 1 aliphatic rings. The number of likely N-dealkylation sites (tertiary alicyclic amines) is 1. The van der Waals surface area contributed by atoms with Crippen LogP contribution in [0.15, 0.2) is 41.1 Å². The van der Waals surface area contributed by atoms with Gasteiger partial charge in [-0.25, -0.2) is 4.68 Å². The Bertz CT molecular complexity index is 981. The first-order valence-corrected chi connectivity index (χ1v) is 10.6. The lowest BCUT2D eigenvalue weighted by atomic mass is 10.0. The number of para-hydroxylation sites is 1. The number of rotatable bonds is 7. The van der Waals surface area contributed by atoms with Gasteiger partial charge in [0.05, 0.1) is 16.9 Å². The number of carbonyl (C=O) groups is 1. The summed E-state index contributed by atoms with van der Waals surface area (Å²) >= 11 is 0. The minimum Gasteiger partial charge on any atom is -0.348 e. The highest BCUT2D eigenvalue weighted by Crippen LogP contribution is 2.21.